The predicted octanol–water partition coefficient (Wildman–Crippen LogP) is 4.08. The van der Waals surface area contributed by atoms with Crippen molar-refractivity contribution in [1.82, 2.24) is 0 Å². The molecule has 0 aromatic heterocycles. The van der Waals surface area contributed by atoms with Gasteiger partial charge in [-0.1, -0.05) is 121 Å². The topological polar surface area (TPSA) is 57.2 Å². The Bertz CT molecular complexity index is 1040. The molecule has 31 heavy (non-hydrogen) atoms. The zero-order valence-corrected chi connectivity index (χ0v) is 19.3. The number of hydrogen-bond acceptors (Lipinski definition) is 3. The molecule has 0 spiro atoms. The van der Waals surface area contributed by atoms with E-state index < -0.39 is 30.7 Å². The van der Waals surface area contributed by atoms with Gasteiger partial charge < -0.3 is 4.55 Å². The highest BCUT2D eigenvalue weighted by atomic mass is 32.2. The lowest BCUT2D eigenvalue weighted by molar-refractivity contribution is 0.466. The van der Waals surface area contributed by atoms with Crippen LogP contribution in [0.2, 0.25) is 0 Å². The molecule has 4 rings (SSSR count). The van der Waals surface area contributed by atoms with Crippen molar-refractivity contribution in [3.05, 3.63) is 121 Å². The summed E-state index contributed by atoms with van der Waals surface area (Å²) in [7, 11) is -7.57. The van der Waals surface area contributed by atoms with Gasteiger partial charge in [0.2, 0.25) is 0 Å². The standard InChI is InChI=1S/C25H22O3P2S/c26-31(27,28)25(29(21-13-5-1-6-14-21)22-15-7-2-8-16-22)30(23-17-9-3-10-18-23)24-19-11-4-12-20-24/h1-20,25H,(H,26,27,28)/p-1. The largest absolute Gasteiger partial charge is 0.747 e. The fourth-order valence-corrected chi connectivity index (χ4v) is 13.2. The second kappa shape index (κ2) is 9.85. The van der Waals surface area contributed by atoms with Gasteiger partial charge in [-0.25, -0.2) is 8.42 Å². The van der Waals surface area contributed by atoms with E-state index in [1.54, 1.807) is 0 Å². The first-order valence-corrected chi connectivity index (χ1v) is 14.1. The summed E-state index contributed by atoms with van der Waals surface area (Å²) in [5, 5.41) is 3.53. The average molecular weight is 463 g/mol. The van der Waals surface area contributed by atoms with E-state index in [9.17, 15) is 13.0 Å². The molecule has 0 heterocycles. The van der Waals surface area contributed by atoms with Gasteiger partial charge in [-0.05, 0) is 37.1 Å². The smallest absolute Gasteiger partial charge is 0.107 e. The van der Waals surface area contributed by atoms with Gasteiger partial charge in [-0.3, -0.25) is 0 Å². The zero-order chi connectivity index (χ0) is 21.7. The van der Waals surface area contributed by atoms with Crippen LogP contribution in [0.1, 0.15) is 0 Å². The minimum absolute atomic E-state index is 0.882. The number of benzene rings is 4. The van der Waals surface area contributed by atoms with Gasteiger partial charge in [0.25, 0.3) is 0 Å². The van der Waals surface area contributed by atoms with E-state index in [2.05, 4.69) is 0 Å². The van der Waals surface area contributed by atoms with Crippen LogP contribution in [0.25, 0.3) is 0 Å². The molecular formula is C25H21O3P2S-. The van der Waals surface area contributed by atoms with Gasteiger partial charge in [-0.15, -0.1) is 0 Å². The monoisotopic (exact) mass is 463 g/mol. The van der Waals surface area contributed by atoms with Crippen LogP contribution in [0.5, 0.6) is 0 Å². The second-order valence-electron chi connectivity index (χ2n) is 6.90. The fourth-order valence-electron chi connectivity index (χ4n) is 3.54. The average Bonchev–Trinajstić information content (AvgIpc) is 2.81. The van der Waals surface area contributed by atoms with E-state index in [1.165, 1.54) is 0 Å². The van der Waals surface area contributed by atoms with E-state index >= 15 is 0 Å². The second-order valence-corrected chi connectivity index (χ2v) is 14.0. The first-order chi connectivity index (χ1) is 15.1. The summed E-state index contributed by atoms with van der Waals surface area (Å²) in [5.74, 6) is 0. The van der Waals surface area contributed by atoms with E-state index in [0.717, 1.165) is 21.2 Å². The molecule has 0 atom stereocenters. The molecule has 4 aromatic rings. The highest BCUT2D eigenvalue weighted by molar-refractivity contribution is 8.09. The minimum Gasteiger partial charge on any atom is -0.747 e. The molecule has 0 radical (unpaired) electrons. The van der Waals surface area contributed by atoms with Crippen LogP contribution < -0.4 is 21.2 Å². The molecule has 0 bridgehead atoms. The maximum Gasteiger partial charge on any atom is 0.107 e. The quantitative estimate of drug-likeness (QED) is 0.307. The lowest BCUT2D eigenvalue weighted by Gasteiger charge is -2.37. The lowest BCUT2D eigenvalue weighted by Crippen LogP contribution is -2.33. The molecule has 0 aliphatic rings. The van der Waals surface area contributed by atoms with Crippen molar-refractivity contribution in [1.29, 1.82) is 0 Å². The van der Waals surface area contributed by atoms with Crippen molar-refractivity contribution >= 4 is 47.2 Å². The third kappa shape index (κ3) is 5.11. The van der Waals surface area contributed by atoms with Crippen molar-refractivity contribution in [3.63, 3.8) is 0 Å². The van der Waals surface area contributed by atoms with E-state index in [-0.39, 0.29) is 0 Å². The molecular weight excluding hydrogens is 442 g/mol. The summed E-state index contributed by atoms with van der Waals surface area (Å²) in [6, 6.07) is 38.2. The van der Waals surface area contributed by atoms with Gasteiger partial charge in [0.15, 0.2) is 0 Å². The van der Waals surface area contributed by atoms with Crippen LogP contribution in [-0.4, -0.2) is 17.7 Å². The molecule has 0 aliphatic carbocycles. The third-order valence-corrected chi connectivity index (χ3v) is 13.9. The Morgan fingerprint density at radius 3 is 0.903 bits per heavy atom. The predicted molar refractivity (Wildman–Crippen MR) is 132 cm³/mol. The Hall–Kier alpha value is -2.35. The maximum absolute atomic E-state index is 13.0. The Morgan fingerprint density at radius 1 is 0.484 bits per heavy atom. The van der Waals surface area contributed by atoms with Crippen molar-refractivity contribution in [2.75, 3.05) is 0 Å². The molecule has 6 heteroatoms. The highest BCUT2D eigenvalue weighted by Crippen LogP contribution is 2.58. The third-order valence-electron chi connectivity index (χ3n) is 4.84. The van der Waals surface area contributed by atoms with Gasteiger partial charge in [0.05, 0.1) is 0 Å². The highest BCUT2D eigenvalue weighted by Gasteiger charge is 2.38. The van der Waals surface area contributed by atoms with Gasteiger partial charge in [-0.2, -0.15) is 0 Å². The normalized spacial score (nSPS) is 11.9. The Morgan fingerprint density at radius 2 is 0.710 bits per heavy atom. The van der Waals surface area contributed by atoms with Crippen molar-refractivity contribution in [2.45, 2.75) is 4.73 Å². The van der Waals surface area contributed by atoms with Crippen molar-refractivity contribution in [2.24, 2.45) is 0 Å². The van der Waals surface area contributed by atoms with Crippen LogP contribution in [0, 0.1) is 0 Å². The molecule has 0 saturated heterocycles. The van der Waals surface area contributed by atoms with E-state index in [1.807, 2.05) is 121 Å². The van der Waals surface area contributed by atoms with Crippen LogP contribution in [0.4, 0.5) is 0 Å². The van der Waals surface area contributed by atoms with Gasteiger partial charge in [0, 0.05) is 0 Å². The molecule has 0 amide bonds. The summed E-state index contributed by atoms with van der Waals surface area (Å²) in [4.78, 5) is 0. The van der Waals surface area contributed by atoms with E-state index in [0.29, 0.717) is 0 Å². The lowest BCUT2D eigenvalue weighted by atomic mass is 10.4. The molecule has 0 fully saturated rings. The van der Waals surface area contributed by atoms with Crippen LogP contribution >= 0.6 is 15.8 Å². The van der Waals surface area contributed by atoms with Crippen molar-refractivity contribution < 1.29 is 13.0 Å². The first kappa shape index (κ1) is 21.9. The Kier molecular flexibility index (Phi) is 6.95. The molecule has 0 aliphatic heterocycles. The van der Waals surface area contributed by atoms with Gasteiger partial charge in [0.1, 0.15) is 14.9 Å². The molecule has 3 nitrogen and oxygen atoms in total. The zero-order valence-electron chi connectivity index (χ0n) is 16.7. The first-order valence-electron chi connectivity index (χ1n) is 9.79. The molecule has 0 unspecified atom stereocenters. The van der Waals surface area contributed by atoms with E-state index in [4.69, 9.17) is 0 Å². The Labute approximate surface area is 186 Å². The SMILES string of the molecule is O=S(=O)([O-])C(P(c1ccccc1)c1ccccc1)P(c1ccccc1)c1ccccc1. The number of rotatable bonds is 7. The maximum atomic E-state index is 13.0. The molecule has 156 valence electrons. The number of hydrogen-bond donors (Lipinski definition) is 0. The minimum atomic E-state index is -4.65. The van der Waals surface area contributed by atoms with Crippen molar-refractivity contribution in [3.8, 4) is 0 Å². The van der Waals surface area contributed by atoms with Crippen LogP contribution in [0.3, 0.4) is 0 Å². The summed E-state index contributed by atoms with van der Waals surface area (Å²) in [6.07, 6.45) is 0. The fraction of sp³-hybridized carbons (Fsp3) is 0.0400. The summed E-state index contributed by atoms with van der Waals surface area (Å²) in [5.41, 5.74) is 0. The van der Waals surface area contributed by atoms with Gasteiger partial charge >= 0.3 is 0 Å². The van der Waals surface area contributed by atoms with Crippen LogP contribution in [0.15, 0.2) is 121 Å². The summed E-state index contributed by atoms with van der Waals surface area (Å²) < 4.78 is 37.9. The molecule has 0 saturated carbocycles. The molecule has 0 N–H and O–H groups in total. The summed E-state index contributed by atoms with van der Waals surface area (Å²) in [6.45, 7) is 0. The molecule has 4 aromatic carbocycles. The van der Waals surface area contributed by atoms with Crippen LogP contribution in [-0.2, 0) is 10.1 Å². The Balaban J connectivity index is 1.99. The summed E-state index contributed by atoms with van der Waals surface area (Å²) >= 11 is 0.